The minimum atomic E-state index is 0.787. The highest BCUT2D eigenvalue weighted by Gasteiger charge is 2.19. The molecule has 1 atom stereocenters. The highest BCUT2D eigenvalue weighted by Crippen LogP contribution is 2.28. The van der Waals surface area contributed by atoms with Gasteiger partial charge in [-0.15, -0.1) is 0 Å². The summed E-state index contributed by atoms with van der Waals surface area (Å²) in [6.45, 7) is 8.01. The molecule has 0 amide bonds. The fraction of sp³-hybridized carbons (Fsp3) is 0.647. The smallest absolute Gasteiger partial charge is 0.142 e. The zero-order valence-corrected chi connectivity index (χ0v) is 14.2. The molecule has 1 saturated heterocycles. The Morgan fingerprint density at radius 2 is 1.86 bits per heavy atom. The first kappa shape index (κ1) is 16.5. The van der Waals surface area contributed by atoms with E-state index in [1.54, 1.807) is 7.11 Å². The Morgan fingerprint density at radius 1 is 1.14 bits per heavy atom. The van der Waals surface area contributed by atoms with Gasteiger partial charge in [0.15, 0.2) is 0 Å². The Hall–Kier alpha value is -0.870. The zero-order valence-electron chi connectivity index (χ0n) is 13.3. The molecule has 0 radical (unpaired) electrons. The van der Waals surface area contributed by atoms with Crippen LogP contribution in [0.15, 0.2) is 24.3 Å². The van der Waals surface area contributed by atoms with Crippen molar-refractivity contribution in [2.45, 2.75) is 19.8 Å². The molecule has 118 valence electrons. The Kier molecular flexibility index (Phi) is 6.71. The van der Waals surface area contributed by atoms with E-state index in [0.717, 1.165) is 43.6 Å². The quantitative estimate of drug-likeness (QED) is 0.779. The van der Waals surface area contributed by atoms with E-state index in [-0.39, 0.29) is 0 Å². The lowest BCUT2D eigenvalue weighted by Crippen LogP contribution is -2.46. The second-order valence-electron chi connectivity index (χ2n) is 5.91. The molecule has 0 saturated carbocycles. The summed E-state index contributed by atoms with van der Waals surface area (Å²) >= 11 is 4.32. The van der Waals surface area contributed by atoms with Crippen molar-refractivity contribution >= 4 is 18.3 Å². The first-order valence-electron chi connectivity index (χ1n) is 7.95. The van der Waals surface area contributed by atoms with Crippen LogP contribution >= 0.6 is 12.6 Å². The highest BCUT2D eigenvalue weighted by molar-refractivity contribution is 7.80. The monoisotopic (exact) mass is 308 g/mol. The van der Waals surface area contributed by atoms with Crippen LogP contribution in [-0.4, -0.2) is 50.5 Å². The topological polar surface area (TPSA) is 15.7 Å². The summed E-state index contributed by atoms with van der Waals surface area (Å²) in [5, 5.41) is 0. The third kappa shape index (κ3) is 4.82. The standard InChI is InChI=1S/C17H28N2OS/c1-15(8-14-21)7-9-18-10-12-19(13-11-18)16-5-3-4-6-17(16)20-2/h3-6,15,21H,7-14H2,1-2H3. The number of methoxy groups -OCH3 is 1. The molecule has 0 aromatic heterocycles. The molecule has 2 rings (SSSR count). The van der Waals surface area contributed by atoms with Gasteiger partial charge in [0.05, 0.1) is 12.8 Å². The molecule has 1 heterocycles. The number of piperazine rings is 1. The largest absolute Gasteiger partial charge is 0.495 e. The predicted molar refractivity (Wildman–Crippen MR) is 93.9 cm³/mol. The van der Waals surface area contributed by atoms with Gasteiger partial charge in [-0.1, -0.05) is 19.1 Å². The van der Waals surface area contributed by atoms with Gasteiger partial charge in [0.1, 0.15) is 5.75 Å². The van der Waals surface area contributed by atoms with Crippen LogP contribution in [0.3, 0.4) is 0 Å². The minimum Gasteiger partial charge on any atom is -0.495 e. The van der Waals surface area contributed by atoms with Gasteiger partial charge >= 0.3 is 0 Å². The fourth-order valence-electron chi connectivity index (χ4n) is 2.87. The summed E-state index contributed by atoms with van der Waals surface area (Å²) in [7, 11) is 1.75. The molecule has 0 aliphatic carbocycles. The van der Waals surface area contributed by atoms with Gasteiger partial charge in [-0.2, -0.15) is 12.6 Å². The van der Waals surface area contributed by atoms with Crippen LogP contribution < -0.4 is 9.64 Å². The molecule has 1 aromatic carbocycles. The van der Waals surface area contributed by atoms with E-state index in [1.807, 2.05) is 12.1 Å². The molecule has 1 unspecified atom stereocenters. The van der Waals surface area contributed by atoms with E-state index in [4.69, 9.17) is 4.74 Å². The van der Waals surface area contributed by atoms with Crippen molar-refractivity contribution in [3.63, 3.8) is 0 Å². The van der Waals surface area contributed by atoms with Crippen LogP contribution in [0, 0.1) is 5.92 Å². The van der Waals surface area contributed by atoms with Crippen molar-refractivity contribution in [1.82, 2.24) is 4.90 Å². The number of hydrogen-bond donors (Lipinski definition) is 1. The van der Waals surface area contributed by atoms with Crippen LogP contribution in [0.25, 0.3) is 0 Å². The lowest BCUT2D eigenvalue weighted by molar-refractivity contribution is 0.239. The molecule has 0 N–H and O–H groups in total. The SMILES string of the molecule is COc1ccccc1N1CCN(CCC(C)CCS)CC1. The molecule has 1 aliphatic heterocycles. The Labute approximate surface area is 134 Å². The molecule has 0 bridgehead atoms. The average Bonchev–Trinajstić information content (AvgIpc) is 2.54. The number of ether oxygens (including phenoxy) is 1. The van der Waals surface area contributed by atoms with E-state index < -0.39 is 0 Å². The van der Waals surface area contributed by atoms with E-state index in [0.29, 0.717) is 0 Å². The van der Waals surface area contributed by atoms with Crippen molar-refractivity contribution in [3.05, 3.63) is 24.3 Å². The average molecular weight is 308 g/mol. The lowest BCUT2D eigenvalue weighted by Gasteiger charge is -2.37. The maximum absolute atomic E-state index is 5.47. The van der Waals surface area contributed by atoms with E-state index >= 15 is 0 Å². The Balaban J connectivity index is 1.80. The summed E-state index contributed by atoms with van der Waals surface area (Å²) in [6.07, 6.45) is 2.51. The number of para-hydroxylation sites is 2. The molecule has 21 heavy (non-hydrogen) atoms. The molecule has 1 aromatic rings. The van der Waals surface area contributed by atoms with Crippen molar-refractivity contribution in [2.75, 3.05) is 50.5 Å². The van der Waals surface area contributed by atoms with E-state index in [2.05, 4.69) is 41.5 Å². The molecular formula is C17H28N2OS. The van der Waals surface area contributed by atoms with Crippen LogP contribution in [0.2, 0.25) is 0 Å². The van der Waals surface area contributed by atoms with E-state index in [9.17, 15) is 0 Å². The summed E-state index contributed by atoms with van der Waals surface area (Å²) in [5.41, 5.74) is 1.23. The Morgan fingerprint density at radius 3 is 2.52 bits per heavy atom. The minimum absolute atomic E-state index is 0.787. The van der Waals surface area contributed by atoms with Crippen LogP contribution in [0.1, 0.15) is 19.8 Å². The molecule has 4 heteroatoms. The van der Waals surface area contributed by atoms with E-state index in [1.165, 1.54) is 25.1 Å². The van der Waals surface area contributed by atoms with Gasteiger partial charge in [0, 0.05) is 26.2 Å². The van der Waals surface area contributed by atoms with Crippen LogP contribution in [0.4, 0.5) is 5.69 Å². The summed E-state index contributed by atoms with van der Waals surface area (Å²) < 4.78 is 5.47. The first-order chi connectivity index (χ1) is 10.2. The molecule has 0 spiro atoms. The molecule has 3 nitrogen and oxygen atoms in total. The van der Waals surface area contributed by atoms with Crippen molar-refractivity contribution in [3.8, 4) is 5.75 Å². The van der Waals surface area contributed by atoms with Crippen molar-refractivity contribution < 1.29 is 4.74 Å². The number of benzene rings is 1. The third-order valence-corrected chi connectivity index (χ3v) is 4.62. The van der Waals surface area contributed by atoms with Crippen molar-refractivity contribution in [1.29, 1.82) is 0 Å². The second kappa shape index (κ2) is 8.54. The van der Waals surface area contributed by atoms with Crippen LogP contribution in [0.5, 0.6) is 5.75 Å². The van der Waals surface area contributed by atoms with Crippen molar-refractivity contribution in [2.24, 2.45) is 5.92 Å². The van der Waals surface area contributed by atoms with Gasteiger partial charge in [-0.05, 0) is 43.2 Å². The fourth-order valence-corrected chi connectivity index (χ4v) is 3.31. The second-order valence-corrected chi connectivity index (χ2v) is 6.35. The first-order valence-corrected chi connectivity index (χ1v) is 8.59. The van der Waals surface area contributed by atoms with Gasteiger partial charge in [0.2, 0.25) is 0 Å². The molecular weight excluding hydrogens is 280 g/mol. The highest BCUT2D eigenvalue weighted by atomic mass is 32.1. The summed E-state index contributed by atoms with van der Waals surface area (Å²) in [5.74, 6) is 2.77. The Bertz CT molecular complexity index is 419. The van der Waals surface area contributed by atoms with Gasteiger partial charge in [0.25, 0.3) is 0 Å². The number of nitrogens with zero attached hydrogens (tertiary/aromatic N) is 2. The van der Waals surface area contributed by atoms with Gasteiger partial charge < -0.3 is 9.64 Å². The summed E-state index contributed by atoms with van der Waals surface area (Å²) in [6, 6.07) is 8.31. The maximum Gasteiger partial charge on any atom is 0.142 e. The van der Waals surface area contributed by atoms with Gasteiger partial charge in [-0.3, -0.25) is 4.90 Å². The third-order valence-electron chi connectivity index (χ3n) is 4.36. The number of anilines is 1. The lowest BCUT2D eigenvalue weighted by atomic mass is 10.0. The van der Waals surface area contributed by atoms with Gasteiger partial charge in [-0.25, -0.2) is 0 Å². The normalized spacial score (nSPS) is 17.8. The molecule has 1 aliphatic rings. The molecule has 1 fully saturated rings. The van der Waals surface area contributed by atoms with Crippen LogP contribution in [-0.2, 0) is 0 Å². The number of rotatable bonds is 7. The zero-order chi connectivity index (χ0) is 15.1. The number of thiol groups is 1. The predicted octanol–water partition coefficient (Wildman–Crippen LogP) is 3.16. The summed E-state index contributed by atoms with van der Waals surface area (Å²) in [4.78, 5) is 5.02. The number of hydrogen-bond acceptors (Lipinski definition) is 4. The maximum atomic E-state index is 5.47.